The van der Waals surface area contributed by atoms with Gasteiger partial charge in [0.05, 0.1) is 16.6 Å². The van der Waals surface area contributed by atoms with E-state index in [1.54, 1.807) is 12.1 Å². The molecule has 1 aliphatic carbocycles. The SMILES string of the molecule is Cc1cc(C2(C)CCC(F)(F)C2)c(Cl)cc1-c1cc(=O)c2c(C(N)=O)nccc2[nH]1. The van der Waals surface area contributed by atoms with Gasteiger partial charge in [0.15, 0.2) is 5.43 Å². The predicted octanol–water partition coefficient (Wildman–Crippen LogP) is 4.73. The number of nitrogens with zero attached hydrogens (tertiary/aromatic N) is 1. The monoisotopic (exact) mass is 431 g/mol. The number of primary amides is 1. The second kappa shape index (κ2) is 6.87. The molecule has 0 spiro atoms. The average Bonchev–Trinajstić information content (AvgIpc) is 2.96. The van der Waals surface area contributed by atoms with Crippen LogP contribution in [0.4, 0.5) is 8.78 Å². The summed E-state index contributed by atoms with van der Waals surface area (Å²) in [6.45, 7) is 3.65. The number of hydrogen-bond acceptors (Lipinski definition) is 3. The molecule has 1 unspecified atom stereocenters. The molecule has 1 saturated carbocycles. The number of carbonyl (C=O) groups is 1. The van der Waals surface area contributed by atoms with Crippen LogP contribution in [0.3, 0.4) is 0 Å². The number of fused-ring (bicyclic) bond motifs is 1. The van der Waals surface area contributed by atoms with Gasteiger partial charge in [-0.3, -0.25) is 14.6 Å². The molecule has 2 heterocycles. The highest BCUT2D eigenvalue weighted by atomic mass is 35.5. The zero-order chi connectivity index (χ0) is 21.8. The maximum Gasteiger partial charge on any atom is 0.268 e. The zero-order valence-corrected chi connectivity index (χ0v) is 17.2. The molecule has 3 aromatic rings. The Morgan fingerprint density at radius 3 is 2.63 bits per heavy atom. The number of amides is 1. The number of nitrogens with one attached hydrogen (secondary N) is 1. The Morgan fingerprint density at radius 1 is 1.27 bits per heavy atom. The van der Waals surface area contributed by atoms with Crippen molar-refractivity contribution in [3.05, 3.63) is 62.5 Å². The van der Waals surface area contributed by atoms with Gasteiger partial charge in [0.2, 0.25) is 5.92 Å². The van der Waals surface area contributed by atoms with Crippen LogP contribution in [0.2, 0.25) is 5.02 Å². The van der Waals surface area contributed by atoms with Crippen molar-refractivity contribution in [1.29, 1.82) is 0 Å². The van der Waals surface area contributed by atoms with Crippen molar-refractivity contribution in [3.8, 4) is 11.3 Å². The van der Waals surface area contributed by atoms with Crippen molar-refractivity contribution >= 4 is 28.4 Å². The topological polar surface area (TPSA) is 88.8 Å². The van der Waals surface area contributed by atoms with Crippen LogP contribution in [0.5, 0.6) is 0 Å². The molecule has 2 aromatic heterocycles. The number of aromatic amines is 1. The van der Waals surface area contributed by atoms with Gasteiger partial charge in [0, 0.05) is 35.7 Å². The number of rotatable bonds is 3. The molecule has 1 aromatic carbocycles. The third kappa shape index (κ3) is 3.37. The fraction of sp³-hybridized carbons (Fsp3) is 0.318. The van der Waals surface area contributed by atoms with Gasteiger partial charge in [0.1, 0.15) is 5.69 Å². The van der Waals surface area contributed by atoms with Gasteiger partial charge < -0.3 is 10.7 Å². The van der Waals surface area contributed by atoms with Gasteiger partial charge in [-0.1, -0.05) is 24.6 Å². The van der Waals surface area contributed by atoms with Crippen LogP contribution in [-0.2, 0) is 5.41 Å². The largest absolute Gasteiger partial charge is 0.364 e. The summed E-state index contributed by atoms with van der Waals surface area (Å²) in [6.07, 6.45) is 1.35. The molecule has 8 heteroatoms. The molecular weight excluding hydrogens is 412 g/mol. The Balaban J connectivity index is 1.84. The molecule has 0 aliphatic heterocycles. The summed E-state index contributed by atoms with van der Waals surface area (Å²) in [5, 5.41) is 0.499. The molecule has 4 rings (SSSR count). The smallest absolute Gasteiger partial charge is 0.268 e. The van der Waals surface area contributed by atoms with Crippen LogP contribution in [0.1, 0.15) is 47.8 Å². The molecule has 30 heavy (non-hydrogen) atoms. The summed E-state index contributed by atoms with van der Waals surface area (Å²) in [7, 11) is 0. The number of halogens is 3. The van der Waals surface area contributed by atoms with Crippen LogP contribution < -0.4 is 11.2 Å². The van der Waals surface area contributed by atoms with E-state index in [-0.39, 0.29) is 23.9 Å². The van der Waals surface area contributed by atoms with E-state index in [1.807, 2.05) is 19.9 Å². The number of H-pyrrole nitrogens is 1. The number of pyridine rings is 2. The predicted molar refractivity (Wildman–Crippen MR) is 112 cm³/mol. The van der Waals surface area contributed by atoms with Crippen molar-refractivity contribution in [3.63, 3.8) is 0 Å². The van der Waals surface area contributed by atoms with Crippen LogP contribution in [0.25, 0.3) is 22.2 Å². The maximum absolute atomic E-state index is 13.9. The maximum atomic E-state index is 13.9. The van der Waals surface area contributed by atoms with Crippen molar-refractivity contribution in [2.24, 2.45) is 5.73 Å². The Labute approximate surface area is 176 Å². The Hall–Kier alpha value is -2.80. The van der Waals surface area contributed by atoms with Gasteiger partial charge in [-0.15, -0.1) is 0 Å². The molecule has 5 nitrogen and oxygen atoms in total. The van der Waals surface area contributed by atoms with Crippen molar-refractivity contribution < 1.29 is 13.6 Å². The van der Waals surface area contributed by atoms with Crippen molar-refractivity contribution in [2.45, 2.75) is 44.4 Å². The van der Waals surface area contributed by atoms with Crippen LogP contribution in [-0.4, -0.2) is 21.8 Å². The van der Waals surface area contributed by atoms with Gasteiger partial charge in [-0.05, 0) is 42.0 Å². The Bertz CT molecular complexity index is 1260. The fourth-order valence-electron chi connectivity index (χ4n) is 4.40. The first-order chi connectivity index (χ1) is 14.0. The Kier molecular flexibility index (Phi) is 4.69. The van der Waals surface area contributed by atoms with E-state index in [4.69, 9.17) is 17.3 Å². The molecule has 1 atom stereocenters. The van der Waals surface area contributed by atoms with E-state index < -0.39 is 22.7 Å². The summed E-state index contributed by atoms with van der Waals surface area (Å²) >= 11 is 6.53. The van der Waals surface area contributed by atoms with Gasteiger partial charge in [-0.25, -0.2) is 8.78 Å². The third-order valence-electron chi connectivity index (χ3n) is 5.92. The minimum absolute atomic E-state index is 0.0968. The summed E-state index contributed by atoms with van der Waals surface area (Å²) in [5.74, 6) is -3.48. The summed E-state index contributed by atoms with van der Waals surface area (Å²) < 4.78 is 27.7. The molecule has 156 valence electrons. The van der Waals surface area contributed by atoms with E-state index in [9.17, 15) is 18.4 Å². The Morgan fingerprint density at radius 2 is 2.00 bits per heavy atom. The van der Waals surface area contributed by atoms with E-state index in [1.165, 1.54) is 12.3 Å². The minimum Gasteiger partial charge on any atom is -0.364 e. The van der Waals surface area contributed by atoms with Gasteiger partial charge in [-0.2, -0.15) is 0 Å². The molecule has 0 bridgehead atoms. The first kappa shape index (κ1) is 20.5. The highest BCUT2D eigenvalue weighted by Gasteiger charge is 2.48. The summed E-state index contributed by atoms with van der Waals surface area (Å²) in [6, 6.07) is 6.46. The number of aromatic nitrogens is 2. The first-order valence-corrected chi connectivity index (χ1v) is 9.89. The lowest BCUT2D eigenvalue weighted by molar-refractivity contribution is 0.00355. The lowest BCUT2D eigenvalue weighted by Gasteiger charge is -2.27. The molecule has 1 fully saturated rings. The highest BCUT2D eigenvalue weighted by Crippen LogP contribution is 2.51. The van der Waals surface area contributed by atoms with E-state index in [0.717, 1.165) is 5.56 Å². The van der Waals surface area contributed by atoms with Gasteiger partial charge >= 0.3 is 0 Å². The summed E-state index contributed by atoms with van der Waals surface area (Å²) in [5.41, 5.74) is 7.20. The molecular formula is C22H20ClF2N3O2. The highest BCUT2D eigenvalue weighted by molar-refractivity contribution is 6.31. The second-order valence-corrected chi connectivity index (χ2v) is 8.64. The number of carbonyl (C=O) groups excluding carboxylic acids is 1. The number of hydrogen-bond donors (Lipinski definition) is 2. The van der Waals surface area contributed by atoms with Crippen LogP contribution in [0.15, 0.2) is 35.3 Å². The van der Waals surface area contributed by atoms with E-state index >= 15 is 0 Å². The fourth-order valence-corrected chi connectivity index (χ4v) is 4.79. The average molecular weight is 432 g/mol. The molecule has 0 radical (unpaired) electrons. The first-order valence-electron chi connectivity index (χ1n) is 9.51. The zero-order valence-electron chi connectivity index (χ0n) is 16.5. The van der Waals surface area contributed by atoms with Crippen LogP contribution >= 0.6 is 11.6 Å². The van der Waals surface area contributed by atoms with E-state index in [2.05, 4.69) is 9.97 Å². The lowest BCUT2D eigenvalue weighted by Crippen LogP contribution is -2.22. The number of alkyl halides is 2. The third-order valence-corrected chi connectivity index (χ3v) is 6.23. The minimum atomic E-state index is -2.69. The van der Waals surface area contributed by atoms with E-state index in [0.29, 0.717) is 33.8 Å². The normalized spacial score (nSPS) is 20.6. The second-order valence-electron chi connectivity index (χ2n) is 8.23. The quantitative estimate of drug-likeness (QED) is 0.628. The van der Waals surface area contributed by atoms with Gasteiger partial charge in [0.25, 0.3) is 5.91 Å². The molecule has 0 saturated heterocycles. The van der Waals surface area contributed by atoms with Crippen molar-refractivity contribution in [2.75, 3.05) is 0 Å². The molecule has 3 N–H and O–H groups in total. The number of benzene rings is 1. The number of aryl methyl sites for hydroxylation is 1. The molecule has 1 amide bonds. The lowest BCUT2D eigenvalue weighted by atomic mass is 9.79. The molecule has 1 aliphatic rings. The number of nitrogens with two attached hydrogens (primary N) is 1. The standard InChI is InChI=1S/C22H20ClF2N3O2/c1-11-7-13(21(2)4-5-22(24,25)10-21)14(23)8-12(11)16-9-17(29)18-15(28-16)3-6-27-19(18)20(26)30/h3,6-9H,4-5,10H2,1-2H3,(H2,26,30)(H,28,29). The summed E-state index contributed by atoms with van der Waals surface area (Å²) in [4.78, 5) is 31.3. The van der Waals surface area contributed by atoms with Crippen LogP contribution in [0, 0.1) is 6.92 Å². The van der Waals surface area contributed by atoms with Crippen molar-refractivity contribution in [1.82, 2.24) is 9.97 Å².